The topological polar surface area (TPSA) is 88.2 Å². The second-order valence-electron chi connectivity index (χ2n) is 5.93. The number of nitro groups is 1. The number of para-hydroxylation sites is 1. The van der Waals surface area contributed by atoms with Crippen LogP contribution in [0.2, 0.25) is 0 Å². The van der Waals surface area contributed by atoms with Gasteiger partial charge in [0.2, 0.25) is 0 Å². The molecule has 0 saturated carbocycles. The Balaban J connectivity index is 1.61. The number of aliphatic imine (C=N–C) groups is 2. The van der Waals surface area contributed by atoms with Gasteiger partial charge in [-0.15, -0.1) is 0 Å². The normalized spacial score (nSPS) is 18.1. The van der Waals surface area contributed by atoms with Gasteiger partial charge in [-0.05, 0) is 24.6 Å². The lowest BCUT2D eigenvalue weighted by atomic mass is 10.1. The summed E-state index contributed by atoms with van der Waals surface area (Å²) in [5.41, 5.74) is 2.61. The second kappa shape index (κ2) is 6.38. The standard InChI is InChI=1S/C18H14N4O3S/c1-11-17(23)21-16(19-11)14-4-2-3-5-15(14)20-18(21)26-10-12-6-8-13(9-7-12)22(24)25/h2-9,11H,10H2,1H3. The molecule has 130 valence electrons. The maximum absolute atomic E-state index is 12.5. The van der Waals surface area contributed by atoms with Crippen LogP contribution >= 0.6 is 11.8 Å². The number of rotatable bonds is 3. The Morgan fingerprint density at radius 2 is 1.92 bits per heavy atom. The van der Waals surface area contributed by atoms with Crippen LogP contribution in [0.1, 0.15) is 18.1 Å². The number of amides is 1. The fourth-order valence-electron chi connectivity index (χ4n) is 2.83. The first-order valence-corrected chi connectivity index (χ1v) is 8.99. The van der Waals surface area contributed by atoms with Gasteiger partial charge in [0.05, 0.1) is 10.6 Å². The molecule has 4 rings (SSSR count). The first-order chi connectivity index (χ1) is 12.5. The van der Waals surface area contributed by atoms with Gasteiger partial charge < -0.3 is 0 Å². The molecule has 0 aliphatic carbocycles. The van der Waals surface area contributed by atoms with Gasteiger partial charge in [-0.3, -0.25) is 19.9 Å². The molecule has 2 aliphatic rings. The van der Waals surface area contributed by atoms with Crippen molar-refractivity contribution in [3.63, 3.8) is 0 Å². The number of carbonyl (C=O) groups excluding carboxylic acids is 1. The van der Waals surface area contributed by atoms with Gasteiger partial charge in [0, 0.05) is 23.4 Å². The van der Waals surface area contributed by atoms with Crippen LogP contribution in [0.25, 0.3) is 0 Å². The predicted octanol–water partition coefficient (Wildman–Crippen LogP) is 3.51. The molecule has 0 radical (unpaired) electrons. The summed E-state index contributed by atoms with van der Waals surface area (Å²) in [6, 6.07) is 13.6. The molecule has 2 aliphatic heterocycles. The Labute approximate surface area is 153 Å². The molecular formula is C18H14N4O3S. The lowest BCUT2D eigenvalue weighted by Crippen LogP contribution is -2.40. The van der Waals surface area contributed by atoms with Gasteiger partial charge in [0.15, 0.2) is 5.17 Å². The zero-order valence-corrected chi connectivity index (χ0v) is 14.6. The van der Waals surface area contributed by atoms with Gasteiger partial charge in [-0.1, -0.05) is 36.0 Å². The van der Waals surface area contributed by atoms with E-state index in [1.165, 1.54) is 23.9 Å². The van der Waals surface area contributed by atoms with Gasteiger partial charge in [-0.2, -0.15) is 0 Å². The first-order valence-electron chi connectivity index (χ1n) is 8.00. The van der Waals surface area contributed by atoms with E-state index in [1.54, 1.807) is 24.0 Å². The van der Waals surface area contributed by atoms with Crippen molar-refractivity contribution in [2.24, 2.45) is 9.98 Å². The highest BCUT2D eigenvalue weighted by atomic mass is 32.2. The average molecular weight is 366 g/mol. The highest BCUT2D eigenvalue weighted by Gasteiger charge is 2.39. The van der Waals surface area contributed by atoms with Crippen LogP contribution in [-0.2, 0) is 10.5 Å². The van der Waals surface area contributed by atoms with Crippen LogP contribution < -0.4 is 0 Å². The number of amidine groups is 2. The summed E-state index contributed by atoms with van der Waals surface area (Å²) in [5, 5.41) is 11.3. The number of hydrogen-bond donors (Lipinski definition) is 0. The molecule has 0 N–H and O–H groups in total. The lowest BCUT2D eigenvalue weighted by molar-refractivity contribution is -0.384. The summed E-state index contributed by atoms with van der Waals surface area (Å²) < 4.78 is 0. The minimum absolute atomic E-state index is 0.0562. The van der Waals surface area contributed by atoms with Crippen molar-refractivity contribution < 1.29 is 9.72 Å². The molecule has 0 spiro atoms. The molecule has 1 unspecified atom stereocenters. The van der Waals surface area contributed by atoms with E-state index in [0.29, 0.717) is 16.8 Å². The van der Waals surface area contributed by atoms with E-state index in [9.17, 15) is 14.9 Å². The van der Waals surface area contributed by atoms with E-state index in [4.69, 9.17) is 0 Å². The van der Waals surface area contributed by atoms with Crippen LogP contribution in [0.3, 0.4) is 0 Å². The molecule has 1 amide bonds. The molecule has 1 atom stereocenters. The van der Waals surface area contributed by atoms with Crippen molar-refractivity contribution in [1.82, 2.24) is 4.90 Å². The zero-order chi connectivity index (χ0) is 18.3. The fourth-order valence-corrected chi connectivity index (χ4v) is 3.79. The van der Waals surface area contributed by atoms with Crippen LogP contribution in [0.4, 0.5) is 11.4 Å². The summed E-state index contributed by atoms with van der Waals surface area (Å²) in [5.74, 6) is 1.09. The number of non-ortho nitro benzene ring substituents is 1. The van der Waals surface area contributed by atoms with E-state index in [0.717, 1.165) is 16.8 Å². The summed E-state index contributed by atoms with van der Waals surface area (Å²) in [6.45, 7) is 1.77. The zero-order valence-electron chi connectivity index (χ0n) is 13.8. The van der Waals surface area contributed by atoms with Crippen molar-refractivity contribution in [2.45, 2.75) is 18.7 Å². The molecule has 0 saturated heterocycles. The van der Waals surface area contributed by atoms with Crippen LogP contribution in [0, 0.1) is 10.1 Å². The molecule has 7 nitrogen and oxygen atoms in total. The summed E-state index contributed by atoms with van der Waals surface area (Å²) in [4.78, 5) is 33.6. The van der Waals surface area contributed by atoms with E-state index < -0.39 is 11.0 Å². The molecule has 0 bridgehead atoms. The first kappa shape index (κ1) is 16.5. The Morgan fingerprint density at radius 3 is 2.65 bits per heavy atom. The van der Waals surface area contributed by atoms with Crippen LogP contribution in [0.5, 0.6) is 0 Å². The SMILES string of the molecule is CC1N=C2c3ccccc3N=C(SCc3ccc([N+](=O)[O-])cc3)N2C1=O. The molecular weight excluding hydrogens is 352 g/mol. The van der Waals surface area contributed by atoms with Gasteiger partial charge in [-0.25, -0.2) is 9.89 Å². The fraction of sp³-hybridized carbons (Fsp3) is 0.167. The molecule has 2 heterocycles. The summed E-state index contributed by atoms with van der Waals surface area (Å²) in [7, 11) is 0. The van der Waals surface area contributed by atoms with Gasteiger partial charge in [0.25, 0.3) is 11.6 Å². The molecule has 26 heavy (non-hydrogen) atoms. The van der Waals surface area contributed by atoms with E-state index in [-0.39, 0.29) is 11.6 Å². The number of thioether (sulfide) groups is 1. The van der Waals surface area contributed by atoms with E-state index in [2.05, 4.69) is 9.98 Å². The van der Waals surface area contributed by atoms with E-state index >= 15 is 0 Å². The van der Waals surface area contributed by atoms with Gasteiger partial charge >= 0.3 is 0 Å². The second-order valence-corrected chi connectivity index (χ2v) is 6.87. The van der Waals surface area contributed by atoms with Crippen LogP contribution in [-0.4, -0.2) is 32.8 Å². The summed E-state index contributed by atoms with van der Waals surface area (Å²) in [6.07, 6.45) is 0. The summed E-state index contributed by atoms with van der Waals surface area (Å²) >= 11 is 1.41. The van der Waals surface area contributed by atoms with Gasteiger partial charge in [0.1, 0.15) is 11.9 Å². The Kier molecular flexibility index (Phi) is 4.04. The molecule has 8 heteroatoms. The number of nitro benzene ring substituents is 1. The quantitative estimate of drug-likeness (QED) is 0.614. The third kappa shape index (κ3) is 2.78. The predicted molar refractivity (Wildman–Crippen MR) is 101 cm³/mol. The number of nitrogens with zero attached hydrogens (tertiary/aromatic N) is 4. The minimum atomic E-state index is -0.429. The van der Waals surface area contributed by atoms with Crippen LogP contribution in [0.15, 0.2) is 58.5 Å². The number of fused-ring (bicyclic) bond motifs is 3. The number of benzene rings is 2. The molecule has 0 aromatic heterocycles. The highest BCUT2D eigenvalue weighted by Crippen LogP contribution is 2.34. The molecule has 0 fully saturated rings. The van der Waals surface area contributed by atoms with Crippen molar-refractivity contribution in [1.29, 1.82) is 0 Å². The third-order valence-corrected chi connectivity index (χ3v) is 5.18. The molecule has 2 aromatic carbocycles. The largest absolute Gasteiger partial charge is 0.272 e. The third-order valence-electron chi connectivity index (χ3n) is 4.17. The van der Waals surface area contributed by atoms with Crippen molar-refractivity contribution in [2.75, 3.05) is 0 Å². The molecule has 2 aromatic rings. The van der Waals surface area contributed by atoms with Crippen molar-refractivity contribution in [3.8, 4) is 0 Å². The Morgan fingerprint density at radius 1 is 1.19 bits per heavy atom. The maximum atomic E-state index is 12.5. The monoisotopic (exact) mass is 366 g/mol. The van der Waals surface area contributed by atoms with Crippen molar-refractivity contribution in [3.05, 3.63) is 69.8 Å². The number of carbonyl (C=O) groups is 1. The Hall–Kier alpha value is -3.00. The minimum Gasteiger partial charge on any atom is -0.272 e. The lowest BCUT2D eigenvalue weighted by Gasteiger charge is -2.25. The number of hydrogen-bond acceptors (Lipinski definition) is 6. The average Bonchev–Trinajstić information content (AvgIpc) is 2.95. The van der Waals surface area contributed by atoms with Crippen molar-refractivity contribution >= 4 is 40.0 Å². The smallest absolute Gasteiger partial charge is 0.269 e. The highest BCUT2D eigenvalue weighted by molar-refractivity contribution is 8.13. The Bertz CT molecular complexity index is 969. The maximum Gasteiger partial charge on any atom is 0.269 e. The van der Waals surface area contributed by atoms with E-state index in [1.807, 2.05) is 24.3 Å².